The van der Waals surface area contributed by atoms with E-state index in [1.54, 1.807) is 0 Å². The van der Waals surface area contributed by atoms with Crippen molar-refractivity contribution in [2.45, 2.75) is 62.5 Å². The Balaban J connectivity index is 2.37. The minimum atomic E-state index is 0.127. The molecule has 1 aliphatic carbocycles. The van der Waals surface area contributed by atoms with Gasteiger partial charge in [-0.25, -0.2) is 0 Å². The van der Waals surface area contributed by atoms with E-state index < -0.39 is 0 Å². The molecule has 1 fully saturated rings. The molecule has 0 heterocycles. The molecule has 0 bridgehead atoms. The van der Waals surface area contributed by atoms with E-state index in [0.717, 1.165) is 5.25 Å². The van der Waals surface area contributed by atoms with Crippen molar-refractivity contribution in [3.8, 4) is 0 Å². The second kappa shape index (κ2) is 6.77. The second-order valence-corrected chi connectivity index (χ2v) is 6.48. The smallest absolute Gasteiger partial charge is 0.0565 e. The molecule has 3 N–H and O–H groups in total. The summed E-state index contributed by atoms with van der Waals surface area (Å²) in [6.07, 6.45) is 6.72. The van der Waals surface area contributed by atoms with Gasteiger partial charge in [-0.3, -0.25) is 0 Å². The summed E-state index contributed by atoms with van der Waals surface area (Å²) in [6.45, 7) is 4.49. The third-order valence-electron chi connectivity index (χ3n) is 3.30. The molecule has 0 amide bonds. The molecule has 2 atom stereocenters. The Morgan fingerprint density at radius 3 is 2.33 bits per heavy atom. The van der Waals surface area contributed by atoms with E-state index in [2.05, 4.69) is 13.8 Å². The lowest BCUT2D eigenvalue weighted by molar-refractivity contribution is 0.268. The van der Waals surface area contributed by atoms with Crippen LogP contribution in [-0.4, -0.2) is 28.3 Å². The summed E-state index contributed by atoms with van der Waals surface area (Å²) in [6, 6.07) is 0.127. The molecule has 3 heteroatoms. The van der Waals surface area contributed by atoms with Crippen LogP contribution < -0.4 is 5.73 Å². The van der Waals surface area contributed by atoms with Crippen molar-refractivity contribution in [2.24, 2.45) is 11.7 Å². The molecule has 0 aromatic carbocycles. The summed E-state index contributed by atoms with van der Waals surface area (Å²) in [5.41, 5.74) is 6.11. The standard InChI is InChI=1S/C12H25NOS/c1-9(2)12(13)11(8-14)15-10-6-4-3-5-7-10/h9-12,14H,3-8,13H2,1-2H3. The average Bonchev–Trinajstić information content (AvgIpc) is 2.26. The quantitative estimate of drug-likeness (QED) is 0.764. The summed E-state index contributed by atoms with van der Waals surface area (Å²) >= 11 is 1.93. The molecule has 2 nitrogen and oxygen atoms in total. The molecule has 2 unspecified atom stereocenters. The Morgan fingerprint density at radius 2 is 1.87 bits per heavy atom. The van der Waals surface area contributed by atoms with E-state index in [1.807, 2.05) is 11.8 Å². The normalized spacial score (nSPS) is 23.0. The molecular weight excluding hydrogens is 206 g/mol. The first-order valence-corrected chi connectivity index (χ1v) is 7.11. The van der Waals surface area contributed by atoms with Crippen LogP contribution in [-0.2, 0) is 0 Å². The van der Waals surface area contributed by atoms with Crippen molar-refractivity contribution < 1.29 is 5.11 Å². The molecule has 1 rings (SSSR count). The molecule has 0 spiro atoms. The van der Waals surface area contributed by atoms with Gasteiger partial charge in [0.05, 0.1) is 6.61 Å². The number of rotatable bonds is 5. The fraction of sp³-hybridized carbons (Fsp3) is 1.00. The van der Waals surface area contributed by atoms with Gasteiger partial charge in [-0.15, -0.1) is 0 Å². The first-order chi connectivity index (χ1) is 7.15. The van der Waals surface area contributed by atoms with E-state index in [0.29, 0.717) is 5.92 Å². The van der Waals surface area contributed by atoms with Gasteiger partial charge in [0.2, 0.25) is 0 Å². The lowest BCUT2D eigenvalue weighted by Crippen LogP contribution is -2.40. The second-order valence-electron chi connectivity index (χ2n) is 4.94. The Kier molecular flexibility index (Phi) is 6.02. The molecular formula is C12H25NOS. The number of aliphatic hydroxyl groups is 1. The zero-order chi connectivity index (χ0) is 11.3. The summed E-state index contributed by atoms with van der Waals surface area (Å²) in [5.74, 6) is 0.457. The van der Waals surface area contributed by atoms with E-state index in [9.17, 15) is 5.11 Å². The predicted octanol–water partition coefficient (Wildman–Crippen LogP) is 2.40. The molecule has 0 saturated heterocycles. The Hall–Kier alpha value is 0.270. The Labute approximate surface area is 98.0 Å². The molecule has 0 aromatic heterocycles. The minimum Gasteiger partial charge on any atom is -0.395 e. The van der Waals surface area contributed by atoms with Crippen LogP contribution in [0.25, 0.3) is 0 Å². The van der Waals surface area contributed by atoms with Crippen LogP contribution >= 0.6 is 11.8 Å². The van der Waals surface area contributed by atoms with Gasteiger partial charge in [-0.1, -0.05) is 33.1 Å². The zero-order valence-corrected chi connectivity index (χ0v) is 10.8. The van der Waals surface area contributed by atoms with Gasteiger partial charge in [0, 0.05) is 16.5 Å². The maximum atomic E-state index is 9.38. The summed E-state index contributed by atoms with van der Waals surface area (Å²) in [7, 11) is 0. The van der Waals surface area contributed by atoms with Crippen molar-refractivity contribution in [1.29, 1.82) is 0 Å². The van der Waals surface area contributed by atoms with Crippen LogP contribution in [0.3, 0.4) is 0 Å². The zero-order valence-electron chi connectivity index (χ0n) is 9.98. The van der Waals surface area contributed by atoms with Crippen LogP contribution in [0.4, 0.5) is 0 Å². The molecule has 1 saturated carbocycles. The van der Waals surface area contributed by atoms with Gasteiger partial charge >= 0.3 is 0 Å². The maximum absolute atomic E-state index is 9.38. The third kappa shape index (κ3) is 4.33. The largest absolute Gasteiger partial charge is 0.395 e. The number of nitrogens with two attached hydrogens (primary N) is 1. The van der Waals surface area contributed by atoms with Crippen molar-refractivity contribution in [2.75, 3.05) is 6.61 Å². The summed E-state index contributed by atoms with van der Waals surface area (Å²) in [5, 5.41) is 10.3. The molecule has 0 aliphatic heterocycles. The first kappa shape index (κ1) is 13.3. The van der Waals surface area contributed by atoms with Crippen LogP contribution in [0.2, 0.25) is 0 Å². The highest BCUT2D eigenvalue weighted by atomic mass is 32.2. The SMILES string of the molecule is CC(C)C(N)C(CO)SC1CCCCC1. The molecule has 90 valence electrons. The number of thioether (sulfide) groups is 1. The highest BCUT2D eigenvalue weighted by Crippen LogP contribution is 2.32. The van der Waals surface area contributed by atoms with Gasteiger partial charge < -0.3 is 10.8 Å². The highest BCUT2D eigenvalue weighted by molar-refractivity contribution is 8.00. The summed E-state index contributed by atoms with van der Waals surface area (Å²) < 4.78 is 0. The lowest BCUT2D eigenvalue weighted by atomic mass is 10.0. The van der Waals surface area contributed by atoms with Crippen LogP contribution in [0.5, 0.6) is 0 Å². The van der Waals surface area contributed by atoms with Crippen molar-refractivity contribution in [1.82, 2.24) is 0 Å². The molecule has 1 aliphatic rings. The maximum Gasteiger partial charge on any atom is 0.0565 e. The Morgan fingerprint density at radius 1 is 1.27 bits per heavy atom. The Bertz CT molecular complexity index is 169. The molecule has 0 aromatic rings. The minimum absolute atomic E-state index is 0.127. The topological polar surface area (TPSA) is 46.2 Å². The third-order valence-corrected chi connectivity index (χ3v) is 4.97. The van der Waals surface area contributed by atoms with Crippen LogP contribution in [0, 0.1) is 5.92 Å². The predicted molar refractivity (Wildman–Crippen MR) is 68.2 cm³/mol. The number of hydrogen-bond donors (Lipinski definition) is 2. The van der Waals surface area contributed by atoms with E-state index in [4.69, 9.17) is 5.73 Å². The van der Waals surface area contributed by atoms with Gasteiger partial charge in [-0.2, -0.15) is 11.8 Å². The number of hydrogen-bond acceptors (Lipinski definition) is 3. The van der Waals surface area contributed by atoms with Gasteiger partial charge in [0.15, 0.2) is 0 Å². The van der Waals surface area contributed by atoms with Gasteiger partial charge in [-0.05, 0) is 18.8 Å². The van der Waals surface area contributed by atoms with E-state index in [-0.39, 0.29) is 17.9 Å². The highest BCUT2D eigenvalue weighted by Gasteiger charge is 2.25. The van der Waals surface area contributed by atoms with Gasteiger partial charge in [0.1, 0.15) is 0 Å². The van der Waals surface area contributed by atoms with Crippen LogP contribution in [0.1, 0.15) is 46.0 Å². The van der Waals surface area contributed by atoms with E-state index in [1.165, 1.54) is 32.1 Å². The van der Waals surface area contributed by atoms with E-state index >= 15 is 0 Å². The van der Waals surface area contributed by atoms with Crippen molar-refractivity contribution >= 4 is 11.8 Å². The average molecular weight is 231 g/mol. The van der Waals surface area contributed by atoms with Crippen molar-refractivity contribution in [3.05, 3.63) is 0 Å². The monoisotopic (exact) mass is 231 g/mol. The number of aliphatic hydroxyl groups excluding tert-OH is 1. The molecule has 15 heavy (non-hydrogen) atoms. The molecule has 0 radical (unpaired) electrons. The summed E-state index contributed by atoms with van der Waals surface area (Å²) in [4.78, 5) is 0. The first-order valence-electron chi connectivity index (χ1n) is 6.17. The van der Waals surface area contributed by atoms with Crippen molar-refractivity contribution in [3.63, 3.8) is 0 Å². The fourth-order valence-electron chi connectivity index (χ4n) is 2.13. The van der Waals surface area contributed by atoms with Gasteiger partial charge in [0.25, 0.3) is 0 Å². The lowest BCUT2D eigenvalue weighted by Gasteiger charge is -2.30. The van der Waals surface area contributed by atoms with Crippen LogP contribution in [0.15, 0.2) is 0 Å². The fourth-order valence-corrected chi connectivity index (χ4v) is 3.81.